The van der Waals surface area contributed by atoms with Gasteiger partial charge in [-0.2, -0.15) is 0 Å². The number of carboxylic acids is 1. The van der Waals surface area contributed by atoms with Crippen molar-refractivity contribution in [2.45, 2.75) is 348 Å². The highest BCUT2D eigenvalue weighted by Crippen LogP contribution is 2.35. The highest BCUT2D eigenvalue weighted by atomic mass is 16.6. The third-order valence-corrected chi connectivity index (χ3v) is 18.5. The molecule has 11 heteroatoms. The minimum Gasteiger partial charge on any atom is -0.481 e. The van der Waals surface area contributed by atoms with Crippen LogP contribution in [0.3, 0.4) is 0 Å². The van der Waals surface area contributed by atoms with E-state index in [1.54, 1.807) is 6.08 Å². The predicted molar refractivity (Wildman–Crippen MR) is 368 cm³/mol. The molecule has 0 bridgehead atoms. The molecule has 5 aliphatic rings. The van der Waals surface area contributed by atoms with Gasteiger partial charge in [0.15, 0.2) is 0 Å². The second-order valence-electron chi connectivity index (χ2n) is 30.2. The topological polar surface area (TPSA) is 166 Å². The molecular formula is C78H132N2O9. The van der Waals surface area contributed by atoms with E-state index in [1.807, 2.05) is 68.4 Å². The Hall–Kier alpha value is -4.06. The van der Waals surface area contributed by atoms with Gasteiger partial charge in [-0.1, -0.05) is 227 Å². The van der Waals surface area contributed by atoms with Crippen molar-refractivity contribution >= 4 is 23.9 Å². The number of nitrogens with zero attached hydrogens (tertiary/aromatic N) is 1. The van der Waals surface area contributed by atoms with E-state index in [4.69, 9.17) is 30.2 Å². The summed E-state index contributed by atoms with van der Waals surface area (Å²) in [6, 6.07) is 21.7. The Labute approximate surface area is 544 Å². The number of aliphatic carboxylic acids is 1. The van der Waals surface area contributed by atoms with Gasteiger partial charge < -0.3 is 30.2 Å². The van der Waals surface area contributed by atoms with E-state index in [0.29, 0.717) is 31.8 Å². The van der Waals surface area contributed by atoms with Crippen LogP contribution in [0.2, 0.25) is 0 Å². The van der Waals surface area contributed by atoms with Gasteiger partial charge in [-0.15, -0.1) is 0 Å². The summed E-state index contributed by atoms with van der Waals surface area (Å²) in [5.41, 5.74) is 7.34. The van der Waals surface area contributed by atoms with Crippen LogP contribution in [0.5, 0.6) is 0 Å². The first-order valence-electron chi connectivity index (χ1n) is 36.1. The lowest BCUT2D eigenvalue weighted by molar-refractivity contribution is -0.157. The van der Waals surface area contributed by atoms with Crippen LogP contribution in [0, 0.1) is 29.6 Å². The molecule has 0 spiro atoms. The summed E-state index contributed by atoms with van der Waals surface area (Å²) in [6.45, 7) is 20.7. The molecule has 508 valence electrons. The number of hydrogen-bond donors (Lipinski definition) is 3. The number of esters is 3. The standard InChI is InChI=1S/C30H43NO2.C15H29NO2.C15H26O2.C9H16O2.C9H18O/c1-24(27-18-12-7-13-19-27)31(23-26-16-10-6-11-17-26)28(22-29(32)33-30(2,3)4)21-20-25-14-8-5-9-15-25;1-15(2,3)18-14(17)11-13(16)10-9-12-7-5-4-6-8-12;1-15(2,3)17-14(16)12-8-7-11-13-9-5-4-6-10-13;10-9(11)7-6-8-4-2-1-3-5-8;10-8-4-7-9-5-2-1-3-6-9/h6-7,10-13,16-19,24-25,28H,5,8-9,14-15,20-23H2,1-4H3;12-13H,4-11,16H2,1-3H3;8,12-13H,4-7,9-11H2,1-3H3;8H,1-7H2,(H,10,11);9-10H,1-8H2/b;;12-8+;;/t24-,28-;13-;;;/m00.../s1. The molecule has 2 aromatic carbocycles. The van der Waals surface area contributed by atoms with Gasteiger partial charge in [-0.05, 0) is 168 Å². The van der Waals surface area contributed by atoms with Gasteiger partial charge in [0.05, 0.1) is 12.8 Å². The molecule has 5 aliphatic carbocycles. The molecule has 5 fully saturated rings. The SMILES string of the molecule is CC(C)(C)OC(=O)/C=C/CCC1CCCCC1.CC(C)(C)OC(=O)C[C@@H](N)CCC1CCCCC1.C[C@@H](c1ccccc1)N(Cc1ccccc1)[C@@H](CCC1CCCCC1)CC(=O)OC(C)(C)C.O=C(O)CCC1CCCCC1.OCCCC1CCCCC1. The van der Waals surface area contributed by atoms with Gasteiger partial charge in [-0.25, -0.2) is 4.79 Å². The van der Waals surface area contributed by atoms with Crippen LogP contribution >= 0.6 is 0 Å². The largest absolute Gasteiger partial charge is 0.481 e. The van der Waals surface area contributed by atoms with Crippen molar-refractivity contribution in [3.8, 4) is 0 Å². The number of allylic oxidation sites excluding steroid dienone is 1. The zero-order valence-electron chi connectivity index (χ0n) is 58.4. The van der Waals surface area contributed by atoms with Crippen molar-refractivity contribution in [2.24, 2.45) is 35.3 Å². The van der Waals surface area contributed by atoms with Gasteiger partial charge >= 0.3 is 23.9 Å². The monoisotopic (exact) mass is 1240 g/mol. The summed E-state index contributed by atoms with van der Waals surface area (Å²) in [7, 11) is 0. The molecule has 4 N–H and O–H groups in total. The number of benzene rings is 2. The quantitative estimate of drug-likeness (QED) is 0.0492. The first-order valence-corrected chi connectivity index (χ1v) is 36.1. The minimum atomic E-state index is -0.643. The fourth-order valence-electron chi connectivity index (χ4n) is 13.8. The molecule has 3 atom stereocenters. The fraction of sp³-hybridized carbons (Fsp3) is 0.769. The number of rotatable bonds is 25. The van der Waals surface area contributed by atoms with Gasteiger partial charge in [0.25, 0.3) is 0 Å². The predicted octanol–water partition coefficient (Wildman–Crippen LogP) is 20.1. The lowest BCUT2D eigenvalue weighted by Crippen LogP contribution is -2.40. The molecule has 7 rings (SSSR count). The maximum Gasteiger partial charge on any atom is 0.330 e. The van der Waals surface area contributed by atoms with Crippen LogP contribution in [-0.2, 0) is 39.9 Å². The smallest absolute Gasteiger partial charge is 0.330 e. The van der Waals surface area contributed by atoms with E-state index in [-0.39, 0.29) is 41.6 Å². The molecule has 5 saturated carbocycles. The summed E-state index contributed by atoms with van der Waals surface area (Å²) >= 11 is 0. The second-order valence-corrected chi connectivity index (χ2v) is 30.2. The Bertz CT molecular complexity index is 2150. The molecule has 0 aliphatic heterocycles. The number of aliphatic hydroxyl groups is 1. The first kappa shape index (κ1) is 79.2. The molecular weight excluding hydrogens is 1110 g/mol. The fourth-order valence-corrected chi connectivity index (χ4v) is 13.8. The summed E-state index contributed by atoms with van der Waals surface area (Å²) in [5, 5.41) is 17.0. The van der Waals surface area contributed by atoms with E-state index < -0.39 is 17.2 Å². The van der Waals surface area contributed by atoms with Crippen molar-refractivity contribution < 1.29 is 43.6 Å². The molecule has 89 heavy (non-hydrogen) atoms. The molecule has 0 aromatic heterocycles. The van der Waals surface area contributed by atoms with Crippen LogP contribution in [0.1, 0.15) is 324 Å². The van der Waals surface area contributed by atoms with Crippen molar-refractivity contribution in [3.63, 3.8) is 0 Å². The average molecular weight is 1240 g/mol. The summed E-state index contributed by atoms with van der Waals surface area (Å²) in [6.07, 6.45) is 48.6. The van der Waals surface area contributed by atoms with Gasteiger partial charge in [0.2, 0.25) is 0 Å². The normalized spacial score (nSPS) is 18.7. The van der Waals surface area contributed by atoms with Crippen molar-refractivity contribution in [1.29, 1.82) is 0 Å². The molecule has 0 saturated heterocycles. The number of carbonyl (C=O) groups is 4. The van der Waals surface area contributed by atoms with E-state index in [2.05, 4.69) is 72.5 Å². The molecule has 11 nitrogen and oxygen atoms in total. The van der Waals surface area contributed by atoms with Crippen molar-refractivity contribution in [3.05, 3.63) is 83.9 Å². The maximum absolute atomic E-state index is 13.0. The minimum absolute atomic E-state index is 0.0400. The highest BCUT2D eigenvalue weighted by Gasteiger charge is 2.31. The highest BCUT2D eigenvalue weighted by molar-refractivity contribution is 5.82. The van der Waals surface area contributed by atoms with E-state index in [1.165, 1.54) is 197 Å². The van der Waals surface area contributed by atoms with E-state index in [9.17, 15) is 19.2 Å². The molecule has 0 heterocycles. The number of nitrogens with two attached hydrogens (primary N) is 1. The Morgan fingerprint density at radius 1 is 0.528 bits per heavy atom. The van der Waals surface area contributed by atoms with Gasteiger partial charge in [0.1, 0.15) is 16.8 Å². The third kappa shape index (κ3) is 41.2. The zero-order chi connectivity index (χ0) is 65.3. The first-order chi connectivity index (χ1) is 42.4. The summed E-state index contributed by atoms with van der Waals surface area (Å²) in [5.74, 6) is 3.05. The lowest BCUT2D eigenvalue weighted by atomic mass is 9.84. The average Bonchev–Trinajstić information content (AvgIpc) is 2.71. The van der Waals surface area contributed by atoms with Crippen LogP contribution < -0.4 is 5.73 Å². The Kier molecular flexibility index (Phi) is 40.3. The van der Waals surface area contributed by atoms with Gasteiger partial charge in [0, 0.05) is 43.8 Å². The van der Waals surface area contributed by atoms with Crippen molar-refractivity contribution in [1.82, 2.24) is 4.90 Å². The number of carboxylic acid groups (broad SMARTS) is 1. The lowest BCUT2D eigenvalue weighted by Gasteiger charge is -2.38. The number of carbonyl (C=O) groups excluding carboxylic acids is 3. The molecule has 2 aromatic rings. The molecule has 0 radical (unpaired) electrons. The summed E-state index contributed by atoms with van der Waals surface area (Å²) < 4.78 is 16.3. The number of ether oxygens (including phenoxy) is 3. The zero-order valence-corrected chi connectivity index (χ0v) is 58.4. The second kappa shape index (κ2) is 45.3. The van der Waals surface area contributed by atoms with Crippen LogP contribution in [-0.4, -0.2) is 74.5 Å². The number of aliphatic hydroxyl groups excluding tert-OH is 1. The Morgan fingerprint density at radius 3 is 1.35 bits per heavy atom. The van der Waals surface area contributed by atoms with E-state index in [0.717, 1.165) is 62.3 Å². The number of hydrogen-bond acceptors (Lipinski definition) is 10. The summed E-state index contributed by atoms with van der Waals surface area (Å²) in [4.78, 5) is 48.8. The Balaban J connectivity index is 0.000000314. The molecule has 0 unspecified atom stereocenters. The Morgan fingerprint density at radius 2 is 0.921 bits per heavy atom. The molecule has 0 amide bonds. The third-order valence-electron chi connectivity index (χ3n) is 18.5. The maximum atomic E-state index is 13.0. The van der Waals surface area contributed by atoms with Crippen LogP contribution in [0.15, 0.2) is 72.8 Å². The van der Waals surface area contributed by atoms with Crippen LogP contribution in [0.25, 0.3) is 0 Å². The van der Waals surface area contributed by atoms with Gasteiger partial charge in [-0.3, -0.25) is 19.3 Å². The van der Waals surface area contributed by atoms with Crippen molar-refractivity contribution in [2.75, 3.05) is 6.61 Å². The van der Waals surface area contributed by atoms with Crippen LogP contribution in [0.4, 0.5) is 0 Å². The van der Waals surface area contributed by atoms with E-state index >= 15 is 0 Å².